The lowest BCUT2D eigenvalue weighted by molar-refractivity contribution is -0.384. The first-order chi connectivity index (χ1) is 13.6. The molecule has 138 valence electrons. The van der Waals surface area contributed by atoms with Crippen molar-refractivity contribution in [1.82, 2.24) is 0 Å². The molecule has 0 amide bonds. The van der Waals surface area contributed by atoms with Crippen molar-refractivity contribution in [2.75, 3.05) is 5.73 Å². The van der Waals surface area contributed by atoms with Gasteiger partial charge in [-0.25, -0.2) is 0 Å². The smallest absolute Gasteiger partial charge is 0.270 e. The van der Waals surface area contributed by atoms with Crippen molar-refractivity contribution in [2.45, 2.75) is 0 Å². The van der Waals surface area contributed by atoms with Crippen LogP contribution in [0.5, 0.6) is 0 Å². The number of nitro benzene ring substituents is 1. The molecule has 2 N–H and O–H groups in total. The fraction of sp³-hybridized carbons (Fsp3) is 0. The number of benzene rings is 4. The predicted molar refractivity (Wildman–Crippen MR) is 115 cm³/mol. The second-order valence-electron chi connectivity index (χ2n) is 6.16. The van der Waals surface area contributed by atoms with Gasteiger partial charge in [-0.15, -0.1) is 0 Å². The maximum atomic E-state index is 10.6. The summed E-state index contributed by atoms with van der Waals surface area (Å²) in [6.07, 6.45) is 0. The zero-order chi connectivity index (χ0) is 19.8. The standard InChI is InChI=1S/C12H9NO2.C12H11N/c14-13(15)12-8-4-7-11(9-12)10-5-2-1-3-6-10;13-12-8-4-7-11(9-12)10-5-2-1-3-6-10/h1-9H;1-9H,13H2. The Morgan fingerprint density at radius 1 is 0.571 bits per heavy atom. The number of hydrogen-bond donors (Lipinski definition) is 1. The van der Waals surface area contributed by atoms with Crippen molar-refractivity contribution < 1.29 is 4.92 Å². The minimum absolute atomic E-state index is 0.122. The lowest BCUT2D eigenvalue weighted by Crippen LogP contribution is -1.87. The molecule has 0 heterocycles. The molecule has 0 atom stereocenters. The number of nitrogen functional groups attached to an aromatic ring is 1. The number of hydrogen-bond acceptors (Lipinski definition) is 3. The molecule has 4 aromatic rings. The average Bonchev–Trinajstić information content (AvgIpc) is 2.75. The van der Waals surface area contributed by atoms with E-state index in [4.69, 9.17) is 5.73 Å². The molecule has 0 aliphatic heterocycles. The van der Waals surface area contributed by atoms with Crippen LogP contribution in [0.25, 0.3) is 22.3 Å². The van der Waals surface area contributed by atoms with Gasteiger partial charge in [-0.1, -0.05) is 84.9 Å². The van der Waals surface area contributed by atoms with Crippen molar-refractivity contribution in [3.63, 3.8) is 0 Å². The molecule has 4 aromatic carbocycles. The average molecular weight is 368 g/mol. The van der Waals surface area contributed by atoms with Crippen molar-refractivity contribution >= 4 is 11.4 Å². The van der Waals surface area contributed by atoms with E-state index in [-0.39, 0.29) is 10.6 Å². The summed E-state index contributed by atoms with van der Waals surface area (Å²) in [5, 5.41) is 10.6. The van der Waals surface area contributed by atoms with E-state index < -0.39 is 0 Å². The minimum Gasteiger partial charge on any atom is -0.399 e. The predicted octanol–water partition coefficient (Wildman–Crippen LogP) is 6.20. The highest BCUT2D eigenvalue weighted by Gasteiger charge is 2.06. The van der Waals surface area contributed by atoms with Crippen molar-refractivity contribution in [2.24, 2.45) is 0 Å². The Kier molecular flexibility index (Phi) is 6.16. The molecule has 28 heavy (non-hydrogen) atoms. The van der Waals surface area contributed by atoms with Crippen LogP contribution in [0, 0.1) is 10.1 Å². The molecule has 0 aliphatic carbocycles. The molecule has 0 radical (unpaired) electrons. The summed E-state index contributed by atoms with van der Waals surface area (Å²) in [6, 6.07) is 34.4. The van der Waals surface area contributed by atoms with Crippen LogP contribution < -0.4 is 5.73 Å². The highest BCUT2D eigenvalue weighted by atomic mass is 16.6. The fourth-order valence-corrected chi connectivity index (χ4v) is 2.78. The maximum absolute atomic E-state index is 10.6. The second kappa shape index (κ2) is 9.14. The van der Waals surface area contributed by atoms with Crippen LogP contribution in [0.3, 0.4) is 0 Å². The molecule has 0 fully saturated rings. The van der Waals surface area contributed by atoms with Crippen LogP contribution in [-0.4, -0.2) is 4.92 Å². The van der Waals surface area contributed by atoms with Gasteiger partial charge in [0.05, 0.1) is 4.92 Å². The van der Waals surface area contributed by atoms with Gasteiger partial charge in [0.15, 0.2) is 0 Å². The molecule has 0 bridgehead atoms. The van der Waals surface area contributed by atoms with Gasteiger partial charge in [-0.05, 0) is 34.4 Å². The van der Waals surface area contributed by atoms with Gasteiger partial charge in [-0.3, -0.25) is 10.1 Å². The SMILES string of the molecule is Nc1cccc(-c2ccccc2)c1.O=[N+]([O-])c1cccc(-c2ccccc2)c1. The van der Waals surface area contributed by atoms with E-state index in [2.05, 4.69) is 18.2 Å². The molecule has 0 saturated carbocycles. The molecule has 4 heteroatoms. The zero-order valence-corrected chi connectivity index (χ0v) is 15.2. The molecule has 0 spiro atoms. The zero-order valence-electron chi connectivity index (χ0n) is 15.2. The van der Waals surface area contributed by atoms with Gasteiger partial charge in [0.25, 0.3) is 5.69 Å². The third-order valence-electron chi connectivity index (χ3n) is 4.16. The van der Waals surface area contributed by atoms with Crippen LogP contribution >= 0.6 is 0 Å². The third kappa shape index (κ3) is 5.05. The lowest BCUT2D eigenvalue weighted by Gasteiger charge is -2.01. The van der Waals surface area contributed by atoms with E-state index in [1.54, 1.807) is 12.1 Å². The largest absolute Gasteiger partial charge is 0.399 e. The number of non-ortho nitro benzene ring substituents is 1. The van der Waals surface area contributed by atoms with E-state index in [1.807, 2.05) is 72.8 Å². The first-order valence-electron chi connectivity index (χ1n) is 8.84. The maximum Gasteiger partial charge on any atom is 0.270 e. The number of rotatable bonds is 3. The summed E-state index contributed by atoms with van der Waals surface area (Å²) in [5.41, 5.74) is 10.8. The summed E-state index contributed by atoms with van der Waals surface area (Å²) >= 11 is 0. The van der Waals surface area contributed by atoms with Gasteiger partial charge >= 0.3 is 0 Å². The van der Waals surface area contributed by atoms with Gasteiger partial charge in [0, 0.05) is 17.8 Å². The first kappa shape index (κ1) is 18.9. The number of nitro groups is 1. The molecule has 0 saturated heterocycles. The normalized spacial score (nSPS) is 9.86. The molecule has 4 nitrogen and oxygen atoms in total. The Labute approximate surface area is 164 Å². The minimum atomic E-state index is -0.382. The van der Waals surface area contributed by atoms with Gasteiger partial charge in [-0.2, -0.15) is 0 Å². The number of nitrogens with two attached hydrogens (primary N) is 1. The molecule has 0 aliphatic rings. The van der Waals surface area contributed by atoms with Gasteiger partial charge in [0.2, 0.25) is 0 Å². The Morgan fingerprint density at radius 3 is 1.54 bits per heavy atom. The van der Waals surface area contributed by atoms with E-state index in [1.165, 1.54) is 17.2 Å². The van der Waals surface area contributed by atoms with E-state index in [0.29, 0.717) is 0 Å². The Hall–Kier alpha value is -3.92. The highest BCUT2D eigenvalue weighted by Crippen LogP contribution is 2.23. The summed E-state index contributed by atoms with van der Waals surface area (Å²) in [4.78, 5) is 10.2. The molecule has 0 unspecified atom stereocenters. The number of nitrogens with zero attached hydrogens (tertiary/aromatic N) is 1. The van der Waals surface area contributed by atoms with E-state index in [0.717, 1.165) is 16.8 Å². The van der Waals surface area contributed by atoms with Crippen LogP contribution in [0.2, 0.25) is 0 Å². The quantitative estimate of drug-likeness (QED) is 0.266. The van der Waals surface area contributed by atoms with Crippen molar-refractivity contribution in [1.29, 1.82) is 0 Å². The molecule has 0 aromatic heterocycles. The Bertz CT molecular complexity index is 1050. The fourth-order valence-electron chi connectivity index (χ4n) is 2.78. The highest BCUT2D eigenvalue weighted by molar-refractivity contribution is 5.67. The van der Waals surface area contributed by atoms with Crippen molar-refractivity contribution in [3.8, 4) is 22.3 Å². The Morgan fingerprint density at radius 2 is 1.04 bits per heavy atom. The topological polar surface area (TPSA) is 69.2 Å². The van der Waals surface area contributed by atoms with Crippen molar-refractivity contribution in [3.05, 3.63) is 119 Å². The molecular formula is C24H20N2O2. The van der Waals surface area contributed by atoms with E-state index in [9.17, 15) is 10.1 Å². The monoisotopic (exact) mass is 368 g/mol. The molecule has 4 rings (SSSR count). The first-order valence-corrected chi connectivity index (χ1v) is 8.84. The summed E-state index contributed by atoms with van der Waals surface area (Å²) in [5.74, 6) is 0. The van der Waals surface area contributed by atoms with Crippen LogP contribution in [0.15, 0.2) is 109 Å². The summed E-state index contributed by atoms with van der Waals surface area (Å²) in [7, 11) is 0. The molecular weight excluding hydrogens is 348 g/mol. The van der Waals surface area contributed by atoms with Gasteiger partial charge < -0.3 is 5.73 Å². The van der Waals surface area contributed by atoms with Crippen LogP contribution in [0.4, 0.5) is 11.4 Å². The Balaban J connectivity index is 0.000000162. The van der Waals surface area contributed by atoms with Gasteiger partial charge in [0.1, 0.15) is 0 Å². The second-order valence-corrected chi connectivity index (χ2v) is 6.16. The lowest BCUT2D eigenvalue weighted by atomic mass is 10.1. The van der Waals surface area contributed by atoms with E-state index >= 15 is 0 Å². The van der Waals surface area contributed by atoms with Crippen LogP contribution in [0.1, 0.15) is 0 Å². The summed E-state index contributed by atoms with van der Waals surface area (Å²) < 4.78 is 0. The van der Waals surface area contributed by atoms with Crippen LogP contribution in [-0.2, 0) is 0 Å². The number of anilines is 1. The summed E-state index contributed by atoms with van der Waals surface area (Å²) in [6.45, 7) is 0. The third-order valence-corrected chi connectivity index (χ3v) is 4.16.